The van der Waals surface area contributed by atoms with Gasteiger partial charge in [0.05, 0.1) is 0 Å². The van der Waals surface area contributed by atoms with E-state index in [0.29, 0.717) is 12.2 Å². The molecular weight excluding hydrogens is 604 g/mol. The zero-order chi connectivity index (χ0) is 35.4. The van der Waals surface area contributed by atoms with Crippen molar-refractivity contribution in [2.45, 2.75) is 97.8 Å². The van der Waals surface area contributed by atoms with E-state index in [0.717, 1.165) is 61.1 Å². The Morgan fingerprint density at radius 2 is 1.18 bits per heavy atom. The number of carbonyl (C=O) groups excluding carboxylic acids is 1. The van der Waals surface area contributed by atoms with Crippen LogP contribution in [0.1, 0.15) is 102 Å². The Labute approximate surface area is 296 Å². The van der Waals surface area contributed by atoms with Crippen molar-refractivity contribution in [3.8, 4) is 17.2 Å². The molecule has 0 amide bonds. The summed E-state index contributed by atoms with van der Waals surface area (Å²) in [4.78, 5) is 12.7. The monoisotopic (exact) mass is 662 g/mol. The van der Waals surface area contributed by atoms with Crippen LogP contribution in [-0.4, -0.2) is 16.2 Å². The normalized spacial score (nSPS) is 12.7. The molecule has 2 N–H and O–H groups in total. The Balaban J connectivity index is 1.80. The van der Waals surface area contributed by atoms with Crippen LogP contribution in [0.4, 0.5) is 0 Å². The standard InChI is InChI=1S/C45H58O4/c1-4-5-22-29-40-36-43(47)42(30-25-20-17-16-18-23-27-38(2)3)44(37-40)49-45(48)31-26-21-15-13-11-9-7-6-8-10-12-14-19-24-28-39-32-34-41(46)35-33-39/h6-15,19,21,24,26,28,31-38,46-47H,4-5,16-18,20,22-23,25,27,29-30H2,1-3H3. The van der Waals surface area contributed by atoms with Crippen LogP contribution >= 0.6 is 0 Å². The van der Waals surface area contributed by atoms with Crippen LogP contribution in [-0.2, 0) is 17.6 Å². The Morgan fingerprint density at radius 1 is 0.653 bits per heavy atom. The third kappa shape index (κ3) is 20.4. The Hall–Kier alpha value is -4.57. The van der Waals surface area contributed by atoms with Crippen LogP contribution < -0.4 is 4.74 Å². The number of ether oxygens (including phenoxy) is 1. The quantitative estimate of drug-likeness (QED) is 0.0408. The van der Waals surface area contributed by atoms with Crippen LogP contribution in [0.15, 0.2) is 128 Å². The molecule has 0 aliphatic rings. The molecule has 0 saturated carbocycles. The summed E-state index contributed by atoms with van der Waals surface area (Å²) in [6.07, 6.45) is 43.2. The fourth-order valence-electron chi connectivity index (χ4n) is 5.11. The summed E-state index contributed by atoms with van der Waals surface area (Å²) in [5, 5.41) is 20.2. The third-order valence-electron chi connectivity index (χ3n) is 7.84. The molecule has 0 radical (unpaired) electrons. The molecule has 0 aromatic heterocycles. The zero-order valence-electron chi connectivity index (χ0n) is 30.0. The number of unbranched alkanes of at least 4 members (excludes halogenated alkanes) is 7. The first-order chi connectivity index (χ1) is 23.9. The lowest BCUT2D eigenvalue weighted by Crippen LogP contribution is -2.07. The molecule has 0 unspecified atom stereocenters. The van der Waals surface area contributed by atoms with Crippen LogP contribution in [0.5, 0.6) is 17.2 Å². The van der Waals surface area contributed by atoms with Gasteiger partial charge in [-0.05, 0) is 67.0 Å². The molecule has 49 heavy (non-hydrogen) atoms. The highest BCUT2D eigenvalue weighted by Crippen LogP contribution is 2.32. The first kappa shape index (κ1) is 40.6. The van der Waals surface area contributed by atoms with Gasteiger partial charge in [-0.2, -0.15) is 0 Å². The van der Waals surface area contributed by atoms with E-state index < -0.39 is 5.97 Å². The van der Waals surface area contributed by atoms with Gasteiger partial charge in [0.1, 0.15) is 17.2 Å². The zero-order valence-corrected chi connectivity index (χ0v) is 30.0. The number of aryl methyl sites for hydroxylation is 1. The SMILES string of the molecule is CCCCCc1cc(O)c(CCCCCCCCC(C)C)c(OC(=O)C=CC=CC=CC=CC=CC=CC=CC=Cc2ccc(O)cc2)c1. The number of rotatable bonds is 23. The second-order valence-electron chi connectivity index (χ2n) is 12.6. The summed E-state index contributed by atoms with van der Waals surface area (Å²) < 4.78 is 5.77. The number of hydrogen-bond acceptors (Lipinski definition) is 4. The molecule has 0 spiro atoms. The molecular formula is C45H58O4. The summed E-state index contributed by atoms with van der Waals surface area (Å²) in [5.41, 5.74) is 2.76. The van der Waals surface area contributed by atoms with Gasteiger partial charge in [-0.25, -0.2) is 4.79 Å². The van der Waals surface area contributed by atoms with Crippen LogP contribution in [0, 0.1) is 5.92 Å². The molecule has 2 aromatic rings. The van der Waals surface area contributed by atoms with Crippen molar-refractivity contribution < 1.29 is 19.7 Å². The minimum Gasteiger partial charge on any atom is -0.508 e. The smallest absolute Gasteiger partial charge is 0.336 e. The van der Waals surface area contributed by atoms with Crippen molar-refractivity contribution in [1.82, 2.24) is 0 Å². The number of hydrogen-bond donors (Lipinski definition) is 2. The average Bonchev–Trinajstić information content (AvgIpc) is 3.07. The molecule has 0 fully saturated rings. The molecule has 4 nitrogen and oxygen atoms in total. The predicted molar refractivity (Wildman–Crippen MR) is 209 cm³/mol. The van der Waals surface area contributed by atoms with Gasteiger partial charge in [0.25, 0.3) is 0 Å². The van der Waals surface area contributed by atoms with E-state index in [-0.39, 0.29) is 11.5 Å². The largest absolute Gasteiger partial charge is 0.508 e. The number of phenols is 2. The van der Waals surface area contributed by atoms with E-state index in [9.17, 15) is 15.0 Å². The van der Waals surface area contributed by atoms with Crippen LogP contribution in [0.3, 0.4) is 0 Å². The summed E-state index contributed by atoms with van der Waals surface area (Å²) >= 11 is 0. The number of allylic oxidation sites excluding steroid dienone is 14. The molecule has 4 heteroatoms. The number of benzene rings is 2. The molecule has 0 bridgehead atoms. The highest BCUT2D eigenvalue weighted by Gasteiger charge is 2.14. The average molecular weight is 663 g/mol. The summed E-state index contributed by atoms with van der Waals surface area (Å²) in [6.45, 7) is 6.73. The Bertz CT molecular complexity index is 1450. The lowest BCUT2D eigenvalue weighted by molar-refractivity contribution is -0.129. The summed E-state index contributed by atoms with van der Waals surface area (Å²) in [7, 11) is 0. The first-order valence-corrected chi connectivity index (χ1v) is 18.1. The van der Waals surface area contributed by atoms with Gasteiger partial charge in [0.2, 0.25) is 0 Å². The highest BCUT2D eigenvalue weighted by molar-refractivity contribution is 5.84. The molecule has 0 aliphatic carbocycles. The summed E-state index contributed by atoms with van der Waals surface area (Å²) in [6, 6.07) is 10.8. The molecule has 0 saturated heterocycles. The highest BCUT2D eigenvalue weighted by atomic mass is 16.5. The Morgan fingerprint density at radius 3 is 1.78 bits per heavy atom. The number of aromatic hydroxyl groups is 2. The van der Waals surface area contributed by atoms with Crippen molar-refractivity contribution in [3.63, 3.8) is 0 Å². The number of phenolic OH excluding ortho intramolecular Hbond substituents is 2. The van der Waals surface area contributed by atoms with Crippen molar-refractivity contribution >= 4 is 12.0 Å². The van der Waals surface area contributed by atoms with Crippen molar-refractivity contribution in [1.29, 1.82) is 0 Å². The predicted octanol–water partition coefficient (Wildman–Crippen LogP) is 12.3. The van der Waals surface area contributed by atoms with E-state index in [1.165, 1.54) is 38.2 Å². The maximum atomic E-state index is 12.7. The summed E-state index contributed by atoms with van der Waals surface area (Å²) in [5.74, 6) is 1.30. The lowest BCUT2D eigenvalue weighted by Gasteiger charge is -2.14. The maximum absolute atomic E-state index is 12.7. The van der Waals surface area contributed by atoms with Gasteiger partial charge < -0.3 is 14.9 Å². The van der Waals surface area contributed by atoms with Gasteiger partial charge in [0, 0.05) is 11.6 Å². The minimum atomic E-state index is -0.452. The van der Waals surface area contributed by atoms with E-state index in [4.69, 9.17) is 4.74 Å². The number of carbonyl (C=O) groups is 1. The van der Waals surface area contributed by atoms with Crippen LogP contribution in [0.2, 0.25) is 0 Å². The van der Waals surface area contributed by atoms with Crippen molar-refractivity contribution in [2.24, 2.45) is 5.92 Å². The fraction of sp³-hybridized carbons (Fsp3) is 0.356. The van der Waals surface area contributed by atoms with Crippen LogP contribution in [0.25, 0.3) is 6.08 Å². The lowest BCUT2D eigenvalue weighted by atomic mass is 9.99. The minimum absolute atomic E-state index is 0.231. The van der Waals surface area contributed by atoms with E-state index in [1.807, 2.05) is 103 Å². The van der Waals surface area contributed by atoms with Gasteiger partial charge in [-0.15, -0.1) is 0 Å². The van der Waals surface area contributed by atoms with Gasteiger partial charge in [0.15, 0.2) is 0 Å². The third-order valence-corrected chi connectivity index (χ3v) is 7.84. The molecule has 2 aromatic carbocycles. The second kappa shape index (κ2) is 26.4. The molecule has 0 heterocycles. The molecule has 262 valence electrons. The topological polar surface area (TPSA) is 66.8 Å². The Kier molecular flexibility index (Phi) is 21.9. The molecule has 0 atom stereocenters. The number of esters is 1. The first-order valence-electron chi connectivity index (χ1n) is 18.1. The second-order valence-corrected chi connectivity index (χ2v) is 12.6. The van der Waals surface area contributed by atoms with E-state index in [2.05, 4.69) is 20.8 Å². The maximum Gasteiger partial charge on any atom is 0.336 e. The molecule has 2 rings (SSSR count). The van der Waals surface area contributed by atoms with Gasteiger partial charge >= 0.3 is 5.97 Å². The van der Waals surface area contributed by atoms with E-state index >= 15 is 0 Å². The van der Waals surface area contributed by atoms with E-state index in [1.54, 1.807) is 24.3 Å². The fourth-order valence-corrected chi connectivity index (χ4v) is 5.11. The molecule has 0 aliphatic heterocycles. The van der Waals surface area contributed by atoms with Crippen molar-refractivity contribution in [2.75, 3.05) is 0 Å². The van der Waals surface area contributed by atoms with Gasteiger partial charge in [-0.1, -0.05) is 175 Å². The van der Waals surface area contributed by atoms with Gasteiger partial charge in [-0.3, -0.25) is 0 Å². The van der Waals surface area contributed by atoms with Crippen molar-refractivity contribution in [3.05, 3.63) is 144 Å².